The Labute approximate surface area is 303 Å². The van der Waals surface area contributed by atoms with Gasteiger partial charge in [-0.3, -0.25) is 29.3 Å². The van der Waals surface area contributed by atoms with Gasteiger partial charge in [0.25, 0.3) is 17.7 Å². The van der Waals surface area contributed by atoms with Crippen LogP contribution in [0.1, 0.15) is 47.8 Å². The lowest BCUT2D eigenvalue weighted by Crippen LogP contribution is -2.30. The highest BCUT2D eigenvalue weighted by Gasteiger charge is 2.12. The lowest BCUT2D eigenvalue weighted by Gasteiger charge is -2.23. The Balaban J connectivity index is 1.06. The summed E-state index contributed by atoms with van der Waals surface area (Å²) >= 11 is 0. The highest BCUT2D eigenvalue weighted by Crippen LogP contribution is 2.15. The number of pyridine rings is 3. The van der Waals surface area contributed by atoms with Crippen molar-refractivity contribution in [2.45, 2.75) is 19.3 Å². The zero-order chi connectivity index (χ0) is 36.0. The molecule has 0 spiro atoms. The normalized spacial score (nSPS) is 10.8. The zero-order valence-electron chi connectivity index (χ0n) is 28.6. The van der Waals surface area contributed by atoms with E-state index in [0.717, 1.165) is 55.6 Å². The number of nitrogens with one attached hydrogen (secondary N) is 3. The van der Waals surface area contributed by atoms with E-state index in [4.69, 9.17) is 0 Å². The van der Waals surface area contributed by atoms with Gasteiger partial charge in [-0.25, -0.2) is 0 Å². The molecular formula is C42H39N7O3. The van der Waals surface area contributed by atoms with Crippen LogP contribution in [-0.4, -0.2) is 57.2 Å². The summed E-state index contributed by atoms with van der Waals surface area (Å²) in [6.45, 7) is 2.46. The Bertz CT molecular complexity index is 1800. The predicted molar refractivity (Wildman–Crippen MR) is 203 cm³/mol. The molecule has 260 valence electrons. The highest BCUT2D eigenvalue weighted by molar-refractivity contribution is 6.05. The smallest absolute Gasteiger partial charge is 0.255 e. The number of hydrogen-bond donors (Lipinski definition) is 3. The molecule has 0 aliphatic carbocycles. The van der Waals surface area contributed by atoms with Crippen LogP contribution < -0.4 is 16.0 Å². The fourth-order valence-electron chi connectivity index (χ4n) is 5.58. The third kappa shape index (κ3) is 10.5. The standard InChI is InChI=1S/C42H39N7O3/c50-40(46-37-13-22-43-23-14-37)34-7-1-31(2-8-34)19-28-49(29-20-32-3-9-35(10-4-32)41(51)47-38-15-24-44-25-16-38)30-21-33-5-11-36(12-6-33)42(52)48-39-17-26-45-27-18-39/h1-18,22-27H,19-21,28-30H2,(H,43,46,50)(H,44,47,51)(H,45,48,52). The van der Waals surface area contributed by atoms with Gasteiger partial charge in [-0.2, -0.15) is 0 Å². The van der Waals surface area contributed by atoms with Crippen LogP contribution in [0, 0.1) is 0 Å². The molecule has 0 atom stereocenters. The molecule has 3 N–H and O–H groups in total. The lowest BCUT2D eigenvalue weighted by atomic mass is 10.1. The number of amides is 3. The van der Waals surface area contributed by atoms with Crippen molar-refractivity contribution < 1.29 is 14.4 Å². The van der Waals surface area contributed by atoms with Crippen LogP contribution in [0.15, 0.2) is 146 Å². The van der Waals surface area contributed by atoms with E-state index in [1.807, 2.05) is 72.8 Å². The Morgan fingerprint density at radius 3 is 0.885 bits per heavy atom. The van der Waals surface area contributed by atoms with Crippen LogP contribution in [-0.2, 0) is 19.3 Å². The molecule has 3 amide bonds. The second-order valence-electron chi connectivity index (χ2n) is 12.3. The molecule has 0 saturated heterocycles. The summed E-state index contributed by atoms with van der Waals surface area (Å²) in [5.41, 5.74) is 7.29. The zero-order valence-corrected chi connectivity index (χ0v) is 28.6. The molecule has 0 fully saturated rings. The average Bonchev–Trinajstić information content (AvgIpc) is 3.19. The first-order valence-electron chi connectivity index (χ1n) is 17.1. The minimum atomic E-state index is -0.166. The van der Waals surface area contributed by atoms with Crippen molar-refractivity contribution in [3.63, 3.8) is 0 Å². The first kappa shape index (κ1) is 35.3. The van der Waals surface area contributed by atoms with Gasteiger partial charge in [-0.1, -0.05) is 36.4 Å². The molecule has 0 unspecified atom stereocenters. The number of rotatable bonds is 15. The third-order valence-corrected chi connectivity index (χ3v) is 8.61. The molecule has 10 heteroatoms. The highest BCUT2D eigenvalue weighted by atomic mass is 16.2. The largest absolute Gasteiger partial charge is 0.322 e. The number of benzene rings is 3. The van der Waals surface area contributed by atoms with Gasteiger partial charge in [-0.05, 0) is 109 Å². The molecule has 0 radical (unpaired) electrons. The van der Waals surface area contributed by atoms with Gasteiger partial charge in [0.05, 0.1) is 0 Å². The van der Waals surface area contributed by atoms with Gasteiger partial charge in [0, 0.05) is 90.6 Å². The summed E-state index contributed by atoms with van der Waals surface area (Å²) in [5.74, 6) is -0.497. The van der Waals surface area contributed by atoms with E-state index in [2.05, 4.69) is 35.8 Å². The molecule has 3 aromatic heterocycles. The van der Waals surface area contributed by atoms with E-state index in [9.17, 15) is 14.4 Å². The second-order valence-corrected chi connectivity index (χ2v) is 12.3. The lowest BCUT2D eigenvalue weighted by molar-refractivity contribution is 0.101. The summed E-state index contributed by atoms with van der Waals surface area (Å²) in [5, 5.41) is 8.69. The fourth-order valence-corrected chi connectivity index (χ4v) is 5.58. The summed E-state index contributed by atoms with van der Waals surface area (Å²) < 4.78 is 0. The number of nitrogens with zero attached hydrogens (tertiary/aromatic N) is 4. The molecule has 3 aromatic carbocycles. The summed E-state index contributed by atoms with van der Waals surface area (Å²) in [4.78, 5) is 52.6. The number of carbonyl (C=O) groups excluding carboxylic acids is 3. The predicted octanol–water partition coefficient (Wildman–Crippen LogP) is 6.96. The van der Waals surface area contributed by atoms with Crippen LogP contribution >= 0.6 is 0 Å². The summed E-state index contributed by atoms with van der Waals surface area (Å²) in [6, 6.07) is 33.7. The quantitative estimate of drug-likeness (QED) is 0.106. The maximum absolute atomic E-state index is 12.7. The van der Waals surface area contributed by atoms with E-state index in [-0.39, 0.29) is 17.7 Å². The molecular weight excluding hydrogens is 651 g/mol. The van der Waals surface area contributed by atoms with Crippen molar-refractivity contribution in [1.82, 2.24) is 19.9 Å². The van der Waals surface area contributed by atoms with E-state index < -0.39 is 0 Å². The Hall–Kier alpha value is -6.52. The van der Waals surface area contributed by atoms with E-state index in [1.165, 1.54) is 0 Å². The van der Waals surface area contributed by atoms with Crippen molar-refractivity contribution >= 4 is 34.8 Å². The van der Waals surface area contributed by atoms with Crippen LogP contribution in [0.2, 0.25) is 0 Å². The van der Waals surface area contributed by atoms with Gasteiger partial charge in [0.2, 0.25) is 0 Å². The Morgan fingerprint density at radius 1 is 0.385 bits per heavy atom. The minimum absolute atomic E-state index is 0.166. The third-order valence-electron chi connectivity index (χ3n) is 8.61. The van der Waals surface area contributed by atoms with Crippen LogP contribution in [0.3, 0.4) is 0 Å². The van der Waals surface area contributed by atoms with Crippen molar-refractivity contribution in [3.8, 4) is 0 Å². The fraction of sp³-hybridized carbons (Fsp3) is 0.143. The molecule has 6 rings (SSSR count). The van der Waals surface area contributed by atoms with Crippen molar-refractivity contribution in [1.29, 1.82) is 0 Å². The van der Waals surface area contributed by atoms with Crippen molar-refractivity contribution in [3.05, 3.63) is 180 Å². The van der Waals surface area contributed by atoms with E-state index in [0.29, 0.717) is 33.8 Å². The average molecular weight is 690 g/mol. The molecule has 0 bridgehead atoms. The van der Waals surface area contributed by atoms with Crippen LogP contribution in [0.25, 0.3) is 0 Å². The SMILES string of the molecule is O=C(Nc1ccncc1)c1ccc(CCN(CCc2ccc(C(=O)Nc3ccncc3)cc2)CCc2ccc(C(=O)Nc3ccncc3)cc2)cc1. The summed E-state index contributed by atoms with van der Waals surface area (Å²) in [6.07, 6.45) is 12.3. The Kier molecular flexibility index (Phi) is 12.2. The molecule has 0 saturated carbocycles. The van der Waals surface area contributed by atoms with E-state index in [1.54, 1.807) is 73.6 Å². The number of anilines is 3. The van der Waals surface area contributed by atoms with Gasteiger partial charge in [0.15, 0.2) is 0 Å². The van der Waals surface area contributed by atoms with Crippen molar-refractivity contribution in [2.75, 3.05) is 35.6 Å². The van der Waals surface area contributed by atoms with Gasteiger partial charge >= 0.3 is 0 Å². The molecule has 0 aliphatic heterocycles. The molecule has 10 nitrogen and oxygen atoms in total. The molecule has 3 heterocycles. The minimum Gasteiger partial charge on any atom is -0.322 e. The maximum atomic E-state index is 12.7. The van der Waals surface area contributed by atoms with Gasteiger partial charge in [0.1, 0.15) is 0 Å². The number of hydrogen-bond acceptors (Lipinski definition) is 7. The molecule has 6 aromatic rings. The molecule has 52 heavy (non-hydrogen) atoms. The number of aromatic nitrogens is 3. The maximum Gasteiger partial charge on any atom is 0.255 e. The monoisotopic (exact) mass is 689 g/mol. The van der Waals surface area contributed by atoms with Gasteiger partial charge in [-0.15, -0.1) is 0 Å². The Morgan fingerprint density at radius 2 is 0.635 bits per heavy atom. The topological polar surface area (TPSA) is 129 Å². The summed E-state index contributed by atoms with van der Waals surface area (Å²) in [7, 11) is 0. The van der Waals surface area contributed by atoms with Crippen LogP contribution in [0.5, 0.6) is 0 Å². The van der Waals surface area contributed by atoms with Crippen LogP contribution in [0.4, 0.5) is 17.1 Å². The second kappa shape index (κ2) is 17.9. The number of carbonyl (C=O) groups is 3. The van der Waals surface area contributed by atoms with E-state index >= 15 is 0 Å². The van der Waals surface area contributed by atoms with Crippen molar-refractivity contribution in [2.24, 2.45) is 0 Å². The first-order chi connectivity index (χ1) is 25.5. The molecule has 0 aliphatic rings. The van der Waals surface area contributed by atoms with Gasteiger partial charge < -0.3 is 20.9 Å². The first-order valence-corrected chi connectivity index (χ1v) is 17.1.